The van der Waals surface area contributed by atoms with Crippen molar-refractivity contribution in [1.29, 1.82) is 0 Å². The number of benzene rings is 1. The van der Waals surface area contributed by atoms with Crippen molar-refractivity contribution >= 4 is 11.6 Å². The Kier molecular flexibility index (Phi) is 4.35. The molecule has 2 aromatic rings. The molecule has 3 aliphatic heterocycles. The van der Waals surface area contributed by atoms with Crippen molar-refractivity contribution in [3.8, 4) is 0 Å². The number of hydrogen-bond donors (Lipinski definition) is 1. The van der Waals surface area contributed by atoms with Crippen LogP contribution in [0, 0.1) is 18.8 Å². The molecule has 0 aliphatic carbocycles. The van der Waals surface area contributed by atoms with E-state index in [2.05, 4.69) is 28.2 Å². The monoisotopic (exact) mass is 377 g/mol. The van der Waals surface area contributed by atoms with Crippen LogP contribution >= 0.6 is 0 Å². The summed E-state index contributed by atoms with van der Waals surface area (Å²) < 4.78 is 6.53. The highest BCUT2D eigenvalue weighted by atomic mass is 16.5. The molecule has 146 valence electrons. The molecular formula is C23H27N3O2. The lowest BCUT2D eigenvalue weighted by Gasteiger charge is -2.29. The van der Waals surface area contributed by atoms with Crippen molar-refractivity contribution in [2.24, 2.45) is 11.8 Å². The summed E-state index contributed by atoms with van der Waals surface area (Å²) in [5, 5.41) is 3.19. The van der Waals surface area contributed by atoms with Gasteiger partial charge in [-0.2, -0.15) is 0 Å². The van der Waals surface area contributed by atoms with Gasteiger partial charge in [0.2, 0.25) is 5.91 Å². The number of nitrogens with zero attached hydrogens (tertiary/aromatic N) is 2. The lowest BCUT2D eigenvalue weighted by atomic mass is 9.73. The molecule has 3 fully saturated rings. The first-order chi connectivity index (χ1) is 13.6. The van der Waals surface area contributed by atoms with Crippen molar-refractivity contribution in [2.75, 3.05) is 24.5 Å². The minimum atomic E-state index is -0.0325. The minimum absolute atomic E-state index is 0.0325. The van der Waals surface area contributed by atoms with Crippen LogP contribution in [0.4, 0.5) is 5.69 Å². The number of fused-ring (bicyclic) bond motifs is 1. The van der Waals surface area contributed by atoms with Gasteiger partial charge >= 0.3 is 0 Å². The van der Waals surface area contributed by atoms with Crippen LogP contribution in [-0.4, -0.2) is 42.2 Å². The Balaban J connectivity index is 1.26. The molecular weight excluding hydrogens is 350 g/mol. The number of carbonyl (C=O) groups excluding carboxylic acids is 1. The fourth-order valence-electron chi connectivity index (χ4n) is 5.54. The van der Waals surface area contributed by atoms with Gasteiger partial charge in [0.25, 0.3) is 0 Å². The lowest BCUT2D eigenvalue weighted by molar-refractivity contribution is -0.120. The zero-order chi connectivity index (χ0) is 19.1. The third-order valence-electron chi connectivity index (χ3n) is 6.86. The third-order valence-corrected chi connectivity index (χ3v) is 6.86. The van der Waals surface area contributed by atoms with Crippen molar-refractivity contribution in [1.82, 2.24) is 10.3 Å². The highest BCUT2D eigenvalue weighted by molar-refractivity contribution is 5.78. The van der Waals surface area contributed by atoms with E-state index in [1.807, 2.05) is 42.7 Å². The number of carbonyl (C=O) groups is 1. The van der Waals surface area contributed by atoms with Gasteiger partial charge in [-0.15, -0.1) is 0 Å². The van der Waals surface area contributed by atoms with Gasteiger partial charge < -0.3 is 15.0 Å². The molecule has 5 nitrogen and oxygen atoms in total. The molecule has 4 atom stereocenters. The van der Waals surface area contributed by atoms with Crippen LogP contribution in [-0.2, 0) is 16.0 Å². The van der Waals surface area contributed by atoms with E-state index in [4.69, 9.17) is 4.74 Å². The average molecular weight is 377 g/mol. The maximum absolute atomic E-state index is 12.4. The largest absolute Gasteiger partial charge is 0.369 e. The Morgan fingerprint density at radius 1 is 1.32 bits per heavy atom. The Labute approximate surface area is 166 Å². The molecule has 0 saturated carbocycles. The predicted octanol–water partition coefficient (Wildman–Crippen LogP) is 2.73. The fourth-order valence-corrected chi connectivity index (χ4v) is 5.54. The van der Waals surface area contributed by atoms with E-state index in [9.17, 15) is 4.79 Å². The molecule has 3 saturated heterocycles. The van der Waals surface area contributed by atoms with Crippen LogP contribution in [0.15, 0.2) is 48.8 Å². The Hall–Kier alpha value is -2.40. The van der Waals surface area contributed by atoms with Crippen LogP contribution in [0.2, 0.25) is 0 Å². The van der Waals surface area contributed by atoms with E-state index in [0.717, 1.165) is 31.5 Å². The number of hydrogen-bond acceptors (Lipinski definition) is 4. The van der Waals surface area contributed by atoms with Crippen molar-refractivity contribution in [2.45, 2.75) is 37.9 Å². The molecule has 1 spiro atoms. The van der Waals surface area contributed by atoms with E-state index >= 15 is 0 Å². The van der Waals surface area contributed by atoms with Crippen molar-refractivity contribution < 1.29 is 9.53 Å². The van der Waals surface area contributed by atoms with E-state index in [1.54, 1.807) is 0 Å². The molecule has 1 aromatic carbocycles. The summed E-state index contributed by atoms with van der Waals surface area (Å²) in [4.78, 5) is 19.1. The summed E-state index contributed by atoms with van der Waals surface area (Å²) in [5.74, 6) is 0.985. The number of anilines is 1. The molecule has 5 rings (SSSR count). The van der Waals surface area contributed by atoms with Crippen LogP contribution in [0.1, 0.15) is 24.0 Å². The van der Waals surface area contributed by atoms with E-state index in [-0.39, 0.29) is 11.5 Å². The van der Waals surface area contributed by atoms with Crippen LogP contribution in [0.5, 0.6) is 0 Å². The topological polar surface area (TPSA) is 54.5 Å². The second-order valence-corrected chi connectivity index (χ2v) is 8.54. The molecule has 1 N–H and O–H groups in total. The summed E-state index contributed by atoms with van der Waals surface area (Å²) in [6.45, 7) is 4.79. The van der Waals surface area contributed by atoms with Gasteiger partial charge in [0.1, 0.15) is 0 Å². The predicted molar refractivity (Wildman–Crippen MR) is 108 cm³/mol. The number of amides is 1. The van der Waals surface area contributed by atoms with Crippen LogP contribution in [0.25, 0.3) is 0 Å². The number of pyridine rings is 1. The first-order valence-electron chi connectivity index (χ1n) is 10.3. The molecule has 0 unspecified atom stereocenters. The molecule has 1 amide bonds. The molecule has 5 heteroatoms. The smallest absolute Gasteiger partial charge is 0.224 e. The maximum Gasteiger partial charge on any atom is 0.224 e. The SMILES string of the molecule is Cc1cnccc1N1C[C@@H]2[C@H](CNC(=O)Cc3ccccc3)[C@H]3CC[C@]2(C1)O3. The van der Waals surface area contributed by atoms with Gasteiger partial charge in [0, 0.05) is 49.6 Å². The number of rotatable bonds is 5. The van der Waals surface area contributed by atoms with Gasteiger partial charge in [-0.25, -0.2) is 0 Å². The minimum Gasteiger partial charge on any atom is -0.369 e. The van der Waals surface area contributed by atoms with E-state index < -0.39 is 0 Å². The Morgan fingerprint density at radius 3 is 3.00 bits per heavy atom. The summed E-state index contributed by atoms with van der Waals surface area (Å²) in [7, 11) is 0. The van der Waals surface area contributed by atoms with Gasteiger partial charge in [0.15, 0.2) is 0 Å². The van der Waals surface area contributed by atoms with Crippen LogP contribution in [0.3, 0.4) is 0 Å². The summed E-state index contributed by atoms with van der Waals surface area (Å²) in [6, 6.07) is 12.0. The molecule has 28 heavy (non-hydrogen) atoms. The summed E-state index contributed by atoms with van der Waals surface area (Å²) >= 11 is 0. The lowest BCUT2D eigenvalue weighted by Crippen LogP contribution is -2.42. The molecule has 0 radical (unpaired) electrons. The number of nitrogens with one attached hydrogen (secondary N) is 1. The molecule has 3 aliphatic rings. The zero-order valence-corrected chi connectivity index (χ0v) is 16.3. The normalized spacial score (nSPS) is 30.5. The third kappa shape index (κ3) is 2.98. The molecule has 1 aromatic heterocycles. The molecule has 2 bridgehead atoms. The van der Waals surface area contributed by atoms with E-state index in [1.165, 1.54) is 11.3 Å². The van der Waals surface area contributed by atoms with Crippen molar-refractivity contribution in [3.63, 3.8) is 0 Å². The van der Waals surface area contributed by atoms with Gasteiger partial charge in [-0.05, 0) is 37.0 Å². The standard InChI is InChI=1S/C23H27N3O2/c1-16-12-24-10-8-20(16)26-14-19-18(21-7-9-23(19,15-26)28-21)13-25-22(27)11-17-5-3-2-4-6-17/h2-6,8,10,12,18-19,21H,7,9,11,13-15H2,1H3,(H,25,27)/t18-,19+,21+,23+/m0/s1. The van der Waals surface area contributed by atoms with Gasteiger partial charge in [-0.1, -0.05) is 30.3 Å². The second-order valence-electron chi connectivity index (χ2n) is 8.54. The van der Waals surface area contributed by atoms with Crippen LogP contribution < -0.4 is 10.2 Å². The van der Waals surface area contributed by atoms with Gasteiger partial charge in [-0.3, -0.25) is 9.78 Å². The Bertz CT molecular complexity index is 871. The summed E-state index contributed by atoms with van der Waals surface area (Å²) in [6.07, 6.45) is 6.78. The quantitative estimate of drug-likeness (QED) is 0.871. The summed E-state index contributed by atoms with van der Waals surface area (Å²) in [5.41, 5.74) is 3.49. The first kappa shape index (κ1) is 17.7. The average Bonchev–Trinajstić information content (AvgIpc) is 3.36. The number of aryl methyl sites for hydroxylation is 1. The highest BCUT2D eigenvalue weighted by Crippen LogP contribution is 2.55. The zero-order valence-electron chi connectivity index (χ0n) is 16.3. The maximum atomic E-state index is 12.4. The number of aromatic nitrogens is 1. The molecule has 4 heterocycles. The second kappa shape index (κ2) is 6.89. The Morgan fingerprint density at radius 2 is 2.18 bits per heavy atom. The van der Waals surface area contributed by atoms with Gasteiger partial charge in [0.05, 0.1) is 18.1 Å². The van der Waals surface area contributed by atoms with E-state index in [0.29, 0.717) is 30.9 Å². The number of ether oxygens (including phenoxy) is 1. The highest BCUT2D eigenvalue weighted by Gasteiger charge is 2.62. The van der Waals surface area contributed by atoms with Crippen molar-refractivity contribution in [3.05, 3.63) is 59.9 Å². The fraction of sp³-hybridized carbons (Fsp3) is 0.478. The first-order valence-corrected chi connectivity index (χ1v) is 10.3.